The lowest BCUT2D eigenvalue weighted by Gasteiger charge is -2.30. The van der Waals surface area contributed by atoms with Gasteiger partial charge < -0.3 is 5.73 Å². The van der Waals surface area contributed by atoms with Crippen LogP contribution in [0.1, 0.15) is 26.3 Å². The molecule has 0 aromatic heterocycles. The highest BCUT2D eigenvalue weighted by Crippen LogP contribution is 2.23. The Morgan fingerprint density at radius 1 is 1.44 bits per heavy atom. The van der Waals surface area contributed by atoms with E-state index in [9.17, 15) is 9.18 Å². The summed E-state index contributed by atoms with van der Waals surface area (Å²) in [6.45, 7) is 5.35. The Morgan fingerprint density at radius 3 is 2.44 bits per heavy atom. The van der Waals surface area contributed by atoms with Crippen molar-refractivity contribution in [1.82, 2.24) is 5.32 Å². The van der Waals surface area contributed by atoms with Crippen LogP contribution >= 0.6 is 0 Å². The number of nitrogens with two attached hydrogens (primary N) is 1. The van der Waals surface area contributed by atoms with Crippen LogP contribution in [-0.4, -0.2) is 11.9 Å². The first-order valence-electron chi connectivity index (χ1n) is 5.20. The van der Waals surface area contributed by atoms with E-state index in [1.54, 1.807) is 25.1 Å². The first-order chi connectivity index (χ1) is 7.38. The van der Waals surface area contributed by atoms with Crippen LogP contribution < -0.4 is 11.1 Å². The van der Waals surface area contributed by atoms with Gasteiger partial charge in [-0.25, -0.2) is 4.39 Å². The number of benzene rings is 1. The van der Waals surface area contributed by atoms with Crippen LogP contribution in [0.25, 0.3) is 0 Å². The van der Waals surface area contributed by atoms with E-state index in [2.05, 4.69) is 5.32 Å². The molecular formula is C12H17FN2O. The Bertz CT molecular complexity index is 392. The van der Waals surface area contributed by atoms with Crippen LogP contribution in [-0.2, 0) is 10.3 Å². The monoisotopic (exact) mass is 224 g/mol. The third-order valence-electron chi connectivity index (χ3n) is 2.48. The quantitative estimate of drug-likeness (QED) is 0.814. The molecule has 1 rings (SSSR count). The molecule has 16 heavy (non-hydrogen) atoms. The number of carbonyl (C=O) groups is 1. The second-order valence-electron chi connectivity index (χ2n) is 4.27. The third kappa shape index (κ3) is 2.39. The van der Waals surface area contributed by atoms with E-state index < -0.39 is 17.3 Å². The van der Waals surface area contributed by atoms with Gasteiger partial charge in [-0.2, -0.15) is 0 Å². The van der Waals surface area contributed by atoms with Crippen LogP contribution in [0.3, 0.4) is 0 Å². The number of nitrogens with one attached hydrogen (secondary N) is 1. The predicted molar refractivity (Wildman–Crippen MR) is 61.2 cm³/mol. The van der Waals surface area contributed by atoms with Crippen molar-refractivity contribution in [3.8, 4) is 0 Å². The van der Waals surface area contributed by atoms with Gasteiger partial charge in [-0.05, 0) is 26.8 Å². The van der Waals surface area contributed by atoms with Gasteiger partial charge in [-0.3, -0.25) is 10.1 Å². The topological polar surface area (TPSA) is 55.1 Å². The fourth-order valence-electron chi connectivity index (χ4n) is 1.73. The zero-order valence-electron chi connectivity index (χ0n) is 9.75. The summed E-state index contributed by atoms with van der Waals surface area (Å²) in [6.07, 6.45) is 0. The number of hydrogen-bond acceptors (Lipinski definition) is 2. The van der Waals surface area contributed by atoms with Gasteiger partial charge in [0.05, 0.1) is 0 Å². The highest BCUT2D eigenvalue weighted by Gasteiger charge is 2.35. The van der Waals surface area contributed by atoms with Gasteiger partial charge in [0, 0.05) is 11.6 Å². The van der Waals surface area contributed by atoms with E-state index in [4.69, 9.17) is 5.73 Å². The number of primary amides is 1. The van der Waals surface area contributed by atoms with Crippen molar-refractivity contribution in [3.63, 3.8) is 0 Å². The molecule has 1 aromatic rings. The molecule has 4 heteroatoms. The lowest BCUT2D eigenvalue weighted by atomic mass is 9.90. The van der Waals surface area contributed by atoms with Crippen molar-refractivity contribution in [3.05, 3.63) is 35.6 Å². The average Bonchev–Trinajstić information content (AvgIpc) is 2.16. The van der Waals surface area contributed by atoms with Crippen LogP contribution in [0.15, 0.2) is 24.3 Å². The Labute approximate surface area is 94.8 Å². The average molecular weight is 224 g/mol. The molecule has 0 aliphatic heterocycles. The Kier molecular flexibility index (Phi) is 3.65. The predicted octanol–water partition coefficient (Wildman–Crippen LogP) is 1.52. The molecule has 1 amide bonds. The number of halogens is 1. The molecule has 3 N–H and O–H groups in total. The van der Waals surface area contributed by atoms with E-state index in [-0.39, 0.29) is 11.6 Å². The fourth-order valence-corrected chi connectivity index (χ4v) is 1.73. The summed E-state index contributed by atoms with van der Waals surface area (Å²) >= 11 is 0. The molecule has 0 heterocycles. The van der Waals surface area contributed by atoms with Gasteiger partial charge in [0.25, 0.3) is 0 Å². The minimum Gasteiger partial charge on any atom is -0.368 e. The summed E-state index contributed by atoms with van der Waals surface area (Å²) in [5, 5.41) is 3.00. The first kappa shape index (κ1) is 12.6. The van der Waals surface area contributed by atoms with Crippen molar-refractivity contribution < 1.29 is 9.18 Å². The largest absolute Gasteiger partial charge is 0.368 e. The SMILES string of the molecule is CC(C)NC(C)(C(N)=O)c1ccccc1F. The lowest BCUT2D eigenvalue weighted by Crippen LogP contribution is -2.53. The molecule has 0 saturated heterocycles. The van der Waals surface area contributed by atoms with E-state index in [1.165, 1.54) is 6.07 Å². The second kappa shape index (κ2) is 4.61. The van der Waals surface area contributed by atoms with Gasteiger partial charge in [0.2, 0.25) is 5.91 Å². The summed E-state index contributed by atoms with van der Waals surface area (Å²) in [5.74, 6) is -1.02. The van der Waals surface area contributed by atoms with Crippen LogP contribution in [0.2, 0.25) is 0 Å². The molecule has 3 nitrogen and oxygen atoms in total. The van der Waals surface area contributed by atoms with Gasteiger partial charge in [-0.1, -0.05) is 18.2 Å². The third-order valence-corrected chi connectivity index (χ3v) is 2.48. The van der Waals surface area contributed by atoms with E-state index >= 15 is 0 Å². The summed E-state index contributed by atoms with van der Waals surface area (Å²) < 4.78 is 13.6. The van der Waals surface area contributed by atoms with E-state index in [0.29, 0.717) is 0 Å². The minimum absolute atomic E-state index is 0.0251. The molecule has 0 aliphatic carbocycles. The molecule has 1 unspecified atom stereocenters. The second-order valence-corrected chi connectivity index (χ2v) is 4.27. The maximum atomic E-state index is 13.6. The van der Waals surface area contributed by atoms with Crippen molar-refractivity contribution in [2.24, 2.45) is 5.73 Å². The van der Waals surface area contributed by atoms with Crippen molar-refractivity contribution in [1.29, 1.82) is 0 Å². The Morgan fingerprint density at radius 2 is 2.00 bits per heavy atom. The number of carbonyl (C=O) groups excluding carboxylic acids is 1. The lowest BCUT2D eigenvalue weighted by molar-refractivity contribution is -0.124. The molecule has 0 aliphatic rings. The van der Waals surface area contributed by atoms with Crippen molar-refractivity contribution in [2.45, 2.75) is 32.4 Å². The Balaban J connectivity index is 3.22. The highest BCUT2D eigenvalue weighted by atomic mass is 19.1. The van der Waals surface area contributed by atoms with E-state index in [1.807, 2.05) is 13.8 Å². The zero-order chi connectivity index (χ0) is 12.3. The van der Waals surface area contributed by atoms with E-state index in [0.717, 1.165) is 0 Å². The highest BCUT2D eigenvalue weighted by molar-refractivity contribution is 5.85. The summed E-state index contributed by atoms with van der Waals surface area (Å²) in [5.41, 5.74) is 4.45. The van der Waals surface area contributed by atoms with Gasteiger partial charge in [0.15, 0.2) is 0 Å². The van der Waals surface area contributed by atoms with Crippen molar-refractivity contribution >= 4 is 5.91 Å². The summed E-state index contributed by atoms with van der Waals surface area (Å²) in [6, 6.07) is 6.17. The summed E-state index contributed by atoms with van der Waals surface area (Å²) in [4.78, 5) is 11.5. The van der Waals surface area contributed by atoms with Crippen molar-refractivity contribution in [2.75, 3.05) is 0 Å². The number of amides is 1. The molecule has 0 fully saturated rings. The molecule has 0 saturated carbocycles. The van der Waals surface area contributed by atoms with Gasteiger partial charge >= 0.3 is 0 Å². The standard InChI is InChI=1S/C12H17FN2O/c1-8(2)15-12(3,11(14)16)9-6-4-5-7-10(9)13/h4-8,15H,1-3H3,(H2,14,16). The molecule has 0 radical (unpaired) electrons. The molecule has 1 atom stereocenters. The van der Waals surface area contributed by atoms with Crippen LogP contribution in [0.5, 0.6) is 0 Å². The molecular weight excluding hydrogens is 207 g/mol. The molecule has 0 bridgehead atoms. The summed E-state index contributed by atoms with van der Waals surface area (Å²) in [7, 11) is 0. The maximum absolute atomic E-state index is 13.6. The van der Waals surface area contributed by atoms with Crippen LogP contribution in [0.4, 0.5) is 4.39 Å². The van der Waals surface area contributed by atoms with Crippen LogP contribution in [0, 0.1) is 5.82 Å². The number of rotatable bonds is 4. The molecule has 0 spiro atoms. The normalized spacial score (nSPS) is 14.8. The fraction of sp³-hybridized carbons (Fsp3) is 0.417. The zero-order valence-corrected chi connectivity index (χ0v) is 9.75. The smallest absolute Gasteiger partial charge is 0.242 e. The molecule has 1 aromatic carbocycles. The minimum atomic E-state index is -1.18. The maximum Gasteiger partial charge on any atom is 0.242 e. The first-order valence-corrected chi connectivity index (χ1v) is 5.20. The number of hydrogen-bond donors (Lipinski definition) is 2. The molecule has 88 valence electrons. The van der Waals surface area contributed by atoms with Gasteiger partial charge in [0.1, 0.15) is 11.4 Å². The Hall–Kier alpha value is -1.42. The van der Waals surface area contributed by atoms with Gasteiger partial charge in [-0.15, -0.1) is 0 Å².